The first-order valence-corrected chi connectivity index (χ1v) is 15.3. The van der Waals surface area contributed by atoms with Gasteiger partial charge in [-0.25, -0.2) is 9.79 Å². The van der Waals surface area contributed by atoms with Gasteiger partial charge in [0.15, 0.2) is 27.8 Å². The number of ether oxygens (including phenoxy) is 5. The molecular weight excluding hydrogens is 604 g/mol. The van der Waals surface area contributed by atoms with Gasteiger partial charge in [-0.15, -0.1) is 0 Å². The average Bonchev–Trinajstić information content (AvgIpc) is 3.63. The molecule has 0 saturated heterocycles. The van der Waals surface area contributed by atoms with E-state index in [2.05, 4.69) is 0 Å². The van der Waals surface area contributed by atoms with Gasteiger partial charge in [-0.2, -0.15) is 0 Å². The van der Waals surface area contributed by atoms with E-state index in [0.29, 0.717) is 67.2 Å². The lowest BCUT2D eigenvalue weighted by Crippen LogP contribution is -2.40. The summed E-state index contributed by atoms with van der Waals surface area (Å²) in [6.45, 7) is 4.60. The number of halogens is 1. The van der Waals surface area contributed by atoms with Crippen molar-refractivity contribution in [3.8, 4) is 23.0 Å². The number of thiazole rings is 1. The molecule has 1 atom stereocenters. The Morgan fingerprint density at radius 1 is 1.09 bits per heavy atom. The molecule has 2 aliphatic heterocycles. The Kier molecular flexibility index (Phi) is 8.45. The predicted octanol–water partition coefficient (Wildman–Crippen LogP) is 5.16. The number of aromatic nitrogens is 1. The zero-order valence-electron chi connectivity index (χ0n) is 24.3. The molecular formula is C33H29ClN2O7S. The van der Waals surface area contributed by atoms with E-state index in [4.69, 9.17) is 40.3 Å². The van der Waals surface area contributed by atoms with E-state index in [1.807, 2.05) is 62.4 Å². The maximum Gasteiger partial charge on any atom is 0.338 e. The number of carbonyl (C=O) groups excluding carboxylic acids is 1. The van der Waals surface area contributed by atoms with Crippen molar-refractivity contribution < 1.29 is 28.5 Å². The van der Waals surface area contributed by atoms with Crippen LogP contribution in [0.4, 0.5) is 0 Å². The second-order valence-corrected chi connectivity index (χ2v) is 11.4. The topological polar surface area (TPSA) is 97.6 Å². The summed E-state index contributed by atoms with van der Waals surface area (Å²) in [7, 11) is 1.33. The highest BCUT2D eigenvalue weighted by Gasteiger charge is 2.33. The molecule has 0 bridgehead atoms. The molecule has 0 spiro atoms. The highest BCUT2D eigenvalue weighted by molar-refractivity contribution is 7.07. The van der Waals surface area contributed by atoms with Crippen molar-refractivity contribution in [1.29, 1.82) is 0 Å². The van der Waals surface area contributed by atoms with Crippen molar-refractivity contribution in [3.05, 3.63) is 113 Å². The molecule has 0 amide bonds. The number of methoxy groups -OCH3 is 1. The average molecular weight is 633 g/mol. The summed E-state index contributed by atoms with van der Waals surface area (Å²) in [5.74, 6) is 1.68. The van der Waals surface area contributed by atoms with E-state index in [1.165, 1.54) is 18.4 Å². The molecule has 0 aliphatic carbocycles. The smallest absolute Gasteiger partial charge is 0.338 e. The normalized spacial score (nSPS) is 15.5. The first kappa shape index (κ1) is 29.5. The first-order chi connectivity index (χ1) is 21.4. The van der Waals surface area contributed by atoms with E-state index < -0.39 is 12.0 Å². The third-order valence-electron chi connectivity index (χ3n) is 7.22. The minimum Gasteiger partial charge on any atom is -0.490 e. The lowest BCUT2D eigenvalue weighted by molar-refractivity contribution is -0.136. The lowest BCUT2D eigenvalue weighted by Gasteiger charge is -2.25. The summed E-state index contributed by atoms with van der Waals surface area (Å²) >= 11 is 7.97. The SMILES string of the molecule is CCOc1cc(/C=c2\sc3n(c2=O)[C@@H](c2ccccc2)C(C(=O)OC)=C(CC)N=3)cc(Cl)c1OCc1ccc2c(c1)OCO2. The first-order valence-electron chi connectivity index (χ1n) is 14.1. The van der Waals surface area contributed by atoms with E-state index in [-0.39, 0.29) is 19.0 Å². The second-order valence-electron chi connectivity index (χ2n) is 9.94. The van der Waals surface area contributed by atoms with Crippen LogP contribution in [0.1, 0.15) is 43.0 Å². The molecule has 0 fully saturated rings. The molecule has 3 aromatic carbocycles. The van der Waals surface area contributed by atoms with Crippen molar-refractivity contribution in [2.45, 2.75) is 32.9 Å². The number of hydrogen-bond acceptors (Lipinski definition) is 9. The monoisotopic (exact) mass is 632 g/mol. The Balaban J connectivity index is 1.39. The van der Waals surface area contributed by atoms with Gasteiger partial charge in [0.1, 0.15) is 6.61 Å². The van der Waals surface area contributed by atoms with Crippen LogP contribution < -0.4 is 33.8 Å². The second kappa shape index (κ2) is 12.6. The molecule has 11 heteroatoms. The molecule has 0 N–H and O–H groups in total. The lowest BCUT2D eigenvalue weighted by atomic mass is 9.95. The van der Waals surface area contributed by atoms with E-state index in [1.54, 1.807) is 22.8 Å². The van der Waals surface area contributed by atoms with Gasteiger partial charge in [0.25, 0.3) is 5.56 Å². The van der Waals surface area contributed by atoms with Gasteiger partial charge in [0, 0.05) is 0 Å². The Morgan fingerprint density at radius 2 is 1.89 bits per heavy atom. The van der Waals surface area contributed by atoms with Gasteiger partial charge in [0.2, 0.25) is 6.79 Å². The molecule has 0 unspecified atom stereocenters. The summed E-state index contributed by atoms with van der Waals surface area (Å²) in [5.41, 5.74) is 2.97. The van der Waals surface area contributed by atoms with Crippen LogP contribution in [0.3, 0.4) is 0 Å². The standard InChI is InChI=1S/C33H29ClN2O7S/c1-4-23-28(32(38)39-3)29(21-9-7-6-8-10-21)36-31(37)27(44-33(36)35-23)16-20-13-22(34)30(26(15-20)40-5-2)41-17-19-11-12-24-25(14-19)43-18-42-24/h6-16,29H,4-5,17-18H2,1-3H3/b27-16-/t29-/m0/s1. The third kappa shape index (κ3) is 5.58. The van der Waals surface area contributed by atoms with Gasteiger partial charge in [0.05, 0.1) is 40.6 Å². The van der Waals surface area contributed by atoms with Crippen LogP contribution in [0.5, 0.6) is 23.0 Å². The van der Waals surface area contributed by atoms with Gasteiger partial charge in [-0.1, -0.05) is 66.3 Å². The molecule has 6 rings (SSSR count). The number of benzene rings is 3. The fourth-order valence-corrected chi connectivity index (χ4v) is 6.52. The van der Waals surface area contributed by atoms with E-state index in [0.717, 1.165) is 11.1 Å². The molecule has 9 nitrogen and oxygen atoms in total. The van der Waals surface area contributed by atoms with Crippen LogP contribution >= 0.6 is 22.9 Å². The fourth-order valence-electron chi connectivity index (χ4n) is 5.23. The van der Waals surface area contributed by atoms with Crippen molar-refractivity contribution in [2.24, 2.45) is 4.99 Å². The zero-order chi connectivity index (χ0) is 30.8. The fraction of sp³-hybridized carbons (Fsp3) is 0.242. The summed E-state index contributed by atoms with van der Waals surface area (Å²) in [4.78, 5) is 32.2. The van der Waals surface area contributed by atoms with Crippen molar-refractivity contribution in [2.75, 3.05) is 20.5 Å². The summed E-state index contributed by atoms with van der Waals surface area (Å²) in [6, 6.07) is 17.8. The van der Waals surface area contributed by atoms with Crippen LogP contribution in [0, 0.1) is 0 Å². The highest BCUT2D eigenvalue weighted by atomic mass is 35.5. The van der Waals surface area contributed by atoms with E-state index in [9.17, 15) is 9.59 Å². The number of fused-ring (bicyclic) bond motifs is 2. The molecule has 1 aromatic heterocycles. The predicted molar refractivity (Wildman–Crippen MR) is 166 cm³/mol. The number of rotatable bonds is 9. The third-order valence-corrected chi connectivity index (χ3v) is 8.48. The van der Waals surface area contributed by atoms with Crippen molar-refractivity contribution in [1.82, 2.24) is 4.57 Å². The molecule has 4 aromatic rings. The molecule has 3 heterocycles. The van der Waals surface area contributed by atoms with Crippen molar-refractivity contribution >= 4 is 35.0 Å². The Morgan fingerprint density at radius 3 is 2.64 bits per heavy atom. The van der Waals surface area contributed by atoms with Crippen molar-refractivity contribution in [3.63, 3.8) is 0 Å². The molecule has 0 radical (unpaired) electrons. The van der Waals surface area contributed by atoms with Gasteiger partial charge in [-0.3, -0.25) is 9.36 Å². The Hall–Kier alpha value is -4.54. The Bertz CT molecular complexity index is 1950. The maximum absolute atomic E-state index is 14.0. The van der Waals surface area contributed by atoms with Crippen LogP contribution in [0.2, 0.25) is 5.02 Å². The van der Waals surface area contributed by atoms with Crippen LogP contribution in [-0.2, 0) is 16.1 Å². The van der Waals surface area contributed by atoms with Gasteiger partial charge < -0.3 is 23.7 Å². The highest BCUT2D eigenvalue weighted by Crippen LogP contribution is 2.39. The summed E-state index contributed by atoms with van der Waals surface area (Å²) in [5, 5.41) is 0.333. The number of esters is 1. The largest absolute Gasteiger partial charge is 0.490 e. The number of nitrogens with zero attached hydrogens (tertiary/aromatic N) is 2. The number of carbonyl (C=O) groups is 1. The van der Waals surface area contributed by atoms with Crippen LogP contribution in [0.15, 0.2) is 81.7 Å². The minimum absolute atomic E-state index is 0.193. The molecule has 0 saturated carbocycles. The minimum atomic E-state index is -0.675. The van der Waals surface area contributed by atoms with Crippen LogP contribution in [0.25, 0.3) is 6.08 Å². The van der Waals surface area contributed by atoms with Gasteiger partial charge >= 0.3 is 5.97 Å². The zero-order valence-corrected chi connectivity index (χ0v) is 25.9. The maximum atomic E-state index is 14.0. The quantitative estimate of drug-likeness (QED) is 0.235. The summed E-state index contributed by atoms with van der Waals surface area (Å²) in [6.07, 6.45) is 2.25. The molecule has 44 heavy (non-hydrogen) atoms. The molecule has 226 valence electrons. The van der Waals surface area contributed by atoms with Gasteiger partial charge in [-0.05, 0) is 60.4 Å². The number of hydrogen-bond donors (Lipinski definition) is 0. The molecule has 2 aliphatic rings. The Labute approximate surface area is 262 Å². The van der Waals surface area contributed by atoms with E-state index >= 15 is 0 Å². The van der Waals surface area contributed by atoms with Crippen LogP contribution in [-0.4, -0.2) is 31.0 Å². The number of allylic oxidation sites excluding steroid dienone is 1. The summed E-state index contributed by atoms with van der Waals surface area (Å²) < 4.78 is 30.0.